The van der Waals surface area contributed by atoms with Crippen LogP contribution in [0.3, 0.4) is 0 Å². The molecule has 3 heterocycles. The lowest BCUT2D eigenvalue weighted by Gasteiger charge is -2.32. The highest BCUT2D eigenvalue weighted by Crippen LogP contribution is 2.18. The predicted octanol–water partition coefficient (Wildman–Crippen LogP) is 2.88. The van der Waals surface area contributed by atoms with Crippen LogP contribution in [0.2, 0.25) is 0 Å². The third-order valence-corrected chi connectivity index (χ3v) is 4.13. The molecule has 0 spiro atoms. The topological polar surface area (TPSA) is 81.3 Å². The van der Waals surface area contributed by atoms with Gasteiger partial charge in [0.1, 0.15) is 11.9 Å². The van der Waals surface area contributed by atoms with Crippen LogP contribution in [0, 0.1) is 5.92 Å². The highest BCUT2D eigenvalue weighted by Gasteiger charge is 2.26. The fourth-order valence-electron chi connectivity index (χ4n) is 2.80. The normalized spacial score (nSPS) is 16.3. The summed E-state index contributed by atoms with van der Waals surface area (Å²) in [5.41, 5.74) is 1.21. The van der Waals surface area contributed by atoms with E-state index in [2.05, 4.69) is 15.2 Å². The number of likely N-dealkylation sites (tertiary alicyclic amines) is 1. The number of hydrogen-bond acceptors (Lipinski definition) is 6. The third-order valence-electron chi connectivity index (χ3n) is 4.13. The zero-order valence-electron chi connectivity index (χ0n) is 15.5. The number of piperidine rings is 1. The number of aromatic nitrogens is 3. The van der Waals surface area contributed by atoms with E-state index in [1.54, 1.807) is 9.42 Å². The van der Waals surface area contributed by atoms with Gasteiger partial charge < -0.3 is 14.5 Å². The number of nitrogens with zero attached hydrogens (tertiary/aromatic N) is 5. The second kappa shape index (κ2) is 7.72. The Bertz CT molecular complexity index is 772. The first-order valence-electron chi connectivity index (χ1n) is 8.83. The number of carbonyl (C=O) groups excluding carboxylic acids is 1. The molecular formula is C18H25N5O3. The summed E-state index contributed by atoms with van der Waals surface area (Å²) in [5, 5.41) is 8.25. The van der Waals surface area contributed by atoms with Crippen LogP contribution in [0.25, 0.3) is 5.65 Å². The molecule has 8 heteroatoms. The number of carbonyl (C=O) groups is 1. The number of amides is 1. The molecule has 3 rings (SSSR count). The average molecular weight is 359 g/mol. The molecule has 0 saturated carbocycles. The van der Waals surface area contributed by atoms with Gasteiger partial charge in [-0.15, -0.1) is 0 Å². The Morgan fingerprint density at radius 1 is 1.35 bits per heavy atom. The van der Waals surface area contributed by atoms with Crippen molar-refractivity contribution in [2.24, 2.45) is 11.1 Å². The number of oxime groups is 1. The molecule has 1 fully saturated rings. The van der Waals surface area contributed by atoms with Crippen LogP contribution in [0.4, 0.5) is 4.79 Å². The molecule has 1 saturated heterocycles. The molecule has 1 aliphatic heterocycles. The summed E-state index contributed by atoms with van der Waals surface area (Å²) in [7, 11) is 0. The number of ether oxygens (including phenoxy) is 1. The SMILES string of the molecule is CC(C)(C)OC(=O)N1CCC(/C=N/OCc2cccc3ncnn23)CC1. The molecule has 0 unspecified atom stereocenters. The van der Waals surface area contributed by atoms with E-state index in [0.717, 1.165) is 24.2 Å². The van der Waals surface area contributed by atoms with Crippen molar-refractivity contribution in [1.82, 2.24) is 19.5 Å². The van der Waals surface area contributed by atoms with Gasteiger partial charge in [-0.25, -0.2) is 14.3 Å². The summed E-state index contributed by atoms with van der Waals surface area (Å²) in [6, 6.07) is 5.73. The van der Waals surface area contributed by atoms with Crippen molar-refractivity contribution in [3.63, 3.8) is 0 Å². The fraction of sp³-hybridized carbons (Fsp3) is 0.556. The van der Waals surface area contributed by atoms with Gasteiger partial charge in [-0.05, 0) is 45.7 Å². The zero-order valence-corrected chi connectivity index (χ0v) is 15.5. The molecular weight excluding hydrogens is 334 g/mol. The summed E-state index contributed by atoms with van der Waals surface area (Å²) < 4.78 is 7.13. The molecule has 0 radical (unpaired) electrons. The van der Waals surface area contributed by atoms with E-state index < -0.39 is 5.60 Å². The number of hydrogen-bond donors (Lipinski definition) is 0. The Morgan fingerprint density at radius 3 is 2.85 bits per heavy atom. The molecule has 1 amide bonds. The maximum atomic E-state index is 12.1. The van der Waals surface area contributed by atoms with Crippen molar-refractivity contribution >= 4 is 18.0 Å². The fourth-order valence-corrected chi connectivity index (χ4v) is 2.80. The minimum absolute atomic E-state index is 0.245. The lowest BCUT2D eigenvalue weighted by molar-refractivity contribution is 0.0201. The molecule has 140 valence electrons. The van der Waals surface area contributed by atoms with Gasteiger partial charge in [0.05, 0.1) is 5.69 Å². The van der Waals surface area contributed by atoms with Crippen molar-refractivity contribution in [1.29, 1.82) is 0 Å². The lowest BCUT2D eigenvalue weighted by Crippen LogP contribution is -2.41. The van der Waals surface area contributed by atoms with Crippen LogP contribution < -0.4 is 0 Å². The Kier molecular flexibility index (Phi) is 5.39. The lowest BCUT2D eigenvalue weighted by atomic mass is 9.99. The standard InChI is InChI=1S/C18H25N5O3/c1-18(2,3)26-17(24)22-9-7-14(8-10-22)11-21-25-12-15-5-4-6-16-19-13-20-23(15)16/h4-6,11,13-14H,7-10,12H2,1-3H3/b21-11+. The van der Waals surface area contributed by atoms with E-state index >= 15 is 0 Å². The summed E-state index contributed by atoms with van der Waals surface area (Å²) in [5.74, 6) is 0.302. The van der Waals surface area contributed by atoms with E-state index in [4.69, 9.17) is 9.57 Å². The van der Waals surface area contributed by atoms with Crippen molar-refractivity contribution in [2.45, 2.75) is 45.8 Å². The van der Waals surface area contributed by atoms with Gasteiger partial charge in [0.15, 0.2) is 12.3 Å². The van der Waals surface area contributed by atoms with Gasteiger partial charge in [-0.2, -0.15) is 5.10 Å². The van der Waals surface area contributed by atoms with E-state index in [1.165, 1.54) is 6.33 Å². The molecule has 0 bridgehead atoms. The summed E-state index contributed by atoms with van der Waals surface area (Å²) in [6.45, 7) is 7.30. The molecule has 1 aliphatic rings. The molecule has 0 atom stereocenters. The van der Waals surface area contributed by atoms with Gasteiger partial charge >= 0.3 is 6.09 Å². The van der Waals surface area contributed by atoms with E-state index in [1.807, 2.05) is 45.2 Å². The number of fused-ring (bicyclic) bond motifs is 1. The third kappa shape index (κ3) is 4.71. The highest BCUT2D eigenvalue weighted by atomic mass is 16.6. The Labute approximate surface area is 152 Å². The summed E-state index contributed by atoms with van der Waals surface area (Å²) >= 11 is 0. The molecule has 26 heavy (non-hydrogen) atoms. The zero-order chi connectivity index (χ0) is 18.6. The minimum atomic E-state index is -0.462. The first-order chi connectivity index (χ1) is 12.4. The summed E-state index contributed by atoms with van der Waals surface area (Å²) in [4.78, 5) is 23.4. The van der Waals surface area contributed by atoms with Gasteiger partial charge in [-0.1, -0.05) is 11.2 Å². The van der Waals surface area contributed by atoms with Crippen LogP contribution in [0.5, 0.6) is 0 Å². The Balaban J connectivity index is 1.43. The van der Waals surface area contributed by atoms with Crippen molar-refractivity contribution < 1.29 is 14.4 Å². The molecule has 8 nitrogen and oxygen atoms in total. The largest absolute Gasteiger partial charge is 0.444 e. The van der Waals surface area contributed by atoms with Crippen LogP contribution in [0.15, 0.2) is 29.7 Å². The smallest absolute Gasteiger partial charge is 0.410 e. The quantitative estimate of drug-likeness (QED) is 0.619. The Morgan fingerprint density at radius 2 is 2.12 bits per heavy atom. The van der Waals surface area contributed by atoms with Crippen LogP contribution in [-0.4, -0.2) is 50.5 Å². The Hall–Kier alpha value is -2.64. The second-order valence-electron chi connectivity index (χ2n) is 7.38. The van der Waals surface area contributed by atoms with E-state index in [9.17, 15) is 4.79 Å². The predicted molar refractivity (Wildman–Crippen MR) is 96.8 cm³/mol. The second-order valence-corrected chi connectivity index (χ2v) is 7.38. The van der Waals surface area contributed by atoms with Crippen molar-refractivity contribution in [3.05, 3.63) is 30.2 Å². The monoisotopic (exact) mass is 359 g/mol. The van der Waals surface area contributed by atoms with Crippen molar-refractivity contribution in [3.8, 4) is 0 Å². The first-order valence-corrected chi connectivity index (χ1v) is 8.83. The number of pyridine rings is 1. The summed E-state index contributed by atoms with van der Waals surface area (Å²) in [6.07, 6.45) is 4.80. The number of rotatable bonds is 4. The molecule has 0 aromatic carbocycles. The molecule has 0 N–H and O–H groups in total. The van der Waals surface area contributed by atoms with Gasteiger partial charge in [0.25, 0.3) is 0 Å². The van der Waals surface area contributed by atoms with Crippen LogP contribution >= 0.6 is 0 Å². The van der Waals surface area contributed by atoms with Gasteiger partial charge in [0, 0.05) is 25.2 Å². The van der Waals surface area contributed by atoms with Gasteiger partial charge in [0.2, 0.25) is 0 Å². The van der Waals surface area contributed by atoms with Gasteiger partial charge in [-0.3, -0.25) is 0 Å². The van der Waals surface area contributed by atoms with Crippen LogP contribution in [0.1, 0.15) is 39.3 Å². The van der Waals surface area contributed by atoms with Crippen LogP contribution in [-0.2, 0) is 16.2 Å². The maximum Gasteiger partial charge on any atom is 0.410 e. The highest BCUT2D eigenvalue weighted by molar-refractivity contribution is 5.69. The molecule has 2 aromatic heterocycles. The first kappa shape index (κ1) is 18.2. The van der Waals surface area contributed by atoms with E-state index in [0.29, 0.717) is 25.6 Å². The average Bonchev–Trinajstić information content (AvgIpc) is 3.07. The maximum absolute atomic E-state index is 12.1. The molecule has 2 aromatic rings. The van der Waals surface area contributed by atoms with Crippen molar-refractivity contribution in [2.75, 3.05) is 13.1 Å². The van der Waals surface area contributed by atoms with E-state index in [-0.39, 0.29) is 6.09 Å². The minimum Gasteiger partial charge on any atom is -0.444 e. The molecule has 0 aliphatic carbocycles.